The summed E-state index contributed by atoms with van der Waals surface area (Å²) in [6, 6.07) is 8.10. The zero-order valence-electron chi connectivity index (χ0n) is 24.9. The molecule has 2 saturated heterocycles. The first kappa shape index (κ1) is 28.9. The third kappa shape index (κ3) is 6.12. The fourth-order valence-electron chi connectivity index (χ4n) is 5.60. The number of nitrogens with one attached hydrogen (secondary N) is 3. The molecular weight excluding hydrogens is 560 g/mol. The molecule has 2 aliphatic heterocycles. The maximum Gasteiger partial charge on any atom is 0.245 e. The van der Waals surface area contributed by atoms with Gasteiger partial charge in [-0.15, -0.1) is 0 Å². The normalized spacial score (nSPS) is 15.7. The van der Waals surface area contributed by atoms with E-state index in [9.17, 15) is 9.59 Å². The zero-order valence-corrected chi connectivity index (χ0v) is 24.9. The first-order valence-electron chi connectivity index (χ1n) is 14.8. The van der Waals surface area contributed by atoms with E-state index in [0.29, 0.717) is 60.3 Å². The lowest BCUT2D eigenvalue weighted by Gasteiger charge is -2.35. The number of H-pyrrole nitrogens is 1. The summed E-state index contributed by atoms with van der Waals surface area (Å²) in [6.45, 7) is 9.42. The highest BCUT2D eigenvalue weighted by molar-refractivity contribution is 5.97. The van der Waals surface area contributed by atoms with E-state index in [-0.39, 0.29) is 17.9 Å². The van der Waals surface area contributed by atoms with Crippen LogP contribution < -0.4 is 20.3 Å². The van der Waals surface area contributed by atoms with Crippen LogP contribution in [0.15, 0.2) is 55.5 Å². The summed E-state index contributed by atoms with van der Waals surface area (Å²) in [7, 11) is 1.79. The average Bonchev–Trinajstić information content (AvgIpc) is 3.49. The molecule has 3 N–H and O–H groups in total. The maximum atomic E-state index is 12.1. The van der Waals surface area contributed by atoms with Crippen LogP contribution in [0.4, 0.5) is 23.1 Å². The van der Waals surface area contributed by atoms with Crippen molar-refractivity contribution in [2.24, 2.45) is 0 Å². The number of nitrogens with zero attached hydrogens (tertiary/aromatic N) is 7. The number of amides is 2. The van der Waals surface area contributed by atoms with Crippen molar-refractivity contribution in [1.29, 1.82) is 0 Å². The van der Waals surface area contributed by atoms with E-state index in [0.717, 1.165) is 43.1 Å². The van der Waals surface area contributed by atoms with Crippen molar-refractivity contribution in [3.05, 3.63) is 55.5 Å². The molecule has 0 spiro atoms. The number of anilines is 4. The maximum absolute atomic E-state index is 12.1. The van der Waals surface area contributed by atoms with Gasteiger partial charge in [-0.1, -0.05) is 6.58 Å². The predicted octanol–water partition coefficient (Wildman–Crippen LogP) is 3.42. The minimum atomic E-state index is -0.130. The number of aromatic nitrogens is 5. The number of likely N-dealkylation sites (tertiary alicyclic amines) is 1. The van der Waals surface area contributed by atoms with Crippen LogP contribution in [0.5, 0.6) is 5.88 Å². The van der Waals surface area contributed by atoms with Crippen LogP contribution in [0.1, 0.15) is 19.8 Å². The number of hydrogen-bond acceptors (Lipinski definition) is 10. The monoisotopic (exact) mass is 596 g/mol. The molecule has 1 aromatic carbocycles. The third-order valence-electron chi connectivity index (χ3n) is 8.09. The Morgan fingerprint density at radius 2 is 1.75 bits per heavy atom. The molecule has 4 aromatic rings. The summed E-state index contributed by atoms with van der Waals surface area (Å²) < 4.78 is 6.54. The Morgan fingerprint density at radius 1 is 1.00 bits per heavy atom. The van der Waals surface area contributed by atoms with E-state index >= 15 is 0 Å². The van der Waals surface area contributed by atoms with Crippen LogP contribution in [0.2, 0.25) is 0 Å². The van der Waals surface area contributed by atoms with Crippen molar-refractivity contribution in [2.45, 2.75) is 25.9 Å². The summed E-state index contributed by atoms with van der Waals surface area (Å²) in [6.07, 6.45) is 7.75. The molecule has 0 aliphatic carbocycles. The number of ether oxygens (including phenoxy) is 1. The Kier molecular flexibility index (Phi) is 8.26. The molecule has 2 amide bonds. The van der Waals surface area contributed by atoms with Gasteiger partial charge in [-0.25, -0.2) is 4.98 Å². The molecule has 0 saturated carbocycles. The number of carbonyl (C=O) groups excluding carboxylic acids is 2. The number of rotatable bonds is 8. The summed E-state index contributed by atoms with van der Waals surface area (Å²) in [5, 5.41) is 7.07. The molecule has 6 rings (SSSR count). The van der Waals surface area contributed by atoms with E-state index in [1.54, 1.807) is 31.3 Å². The number of carbonyl (C=O) groups is 2. The second kappa shape index (κ2) is 12.6. The van der Waals surface area contributed by atoms with Gasteiger partial charge >= 0.3 is 0 Å². The van der Waals surface area contributed by atoms with Gasteiger partial charge in [0.2, 0.25) is 23.6 Å². The van der Waals surface area contributed by atoms with E-state index in [2.05, 4.69) is 49.2 Å². The average molecular weight is 597 g/mol. The lowest BCUT2D eigenvalue weighted by atomic mass is 10.1. The molecule has 2 fully saturated rings. The van der Waals surface area contributed by atoms with E-state index < -0.39 is 0 Å². The standard InChI is InChI=1S/C31H36N10O3/c1-4-27(43)41-11-9-23(10-12-41)44-30-28-24(25-18-33-19-26(32-3)36-25)17-34-29(28)37-31(38-30)35-21-5-7-22(8-6-21)40-15-13-39(14-16-40)20(2)42/h4-8,17-19,23H,1,9-16H2,2-3H3,(H,32,36)(H2,34,35,37,38). The molecule has 0 bridgehead atoms. The quantitative estimate of drug-likeness (QED) is 0.259. The second-order valence-corrected chi connectivity index (χ2v) is 10.8. The van der Waals surface area contributed by atoms with Crippen molar-refractivity contribution >= 4 is 46.0 Å². The van der Waals surface area contributed by atoms with Crippen molar-refractivity contribution in [3.63, 3.8) is 0 Å². The van der Waals surface area contributed by atoms with Gasteiger partial charge in [-0.3, -0.25) is 14.6 Å². The molecule has 2 aliphatic rings. The predicted molar refractivity (Wildman–Crippen MR) is 169 cm³/mol. The smallest absolute Gasteiger partial charge is 0.245 e. The molecule has 0 radical (unpaired) electrons. The fourth-order valence-corrected chi connectivity index (χ4v) is 5.60. The van der Waals surface area contributed by atoms with Crippen LogP contribution in [-0.2, 0) is 9.59 Å². The molecule has 13 nitrogen and oxygen atoms in total. The number of piperidine rings is 1. The largest absolute Gasteiger partial charge is 0.474 e. The molecule has 0 atom stereocenters. The number of aromatic amines is 1. The lowest BCUT2D eigenvalue weighted by Crippen LogP contribution is -2.48. The van der Waals surface area contributed by atoms with Gasteiger partial charge in [0, 0.05) is 89.2 Å². The Hall–Kier alpha value is -5.20. The number of benzene rings is 1. The Labute approximate surface area is 255 Å². The molecule has 13 heteroatoms. The summed E-state index contributed by atoms with van der Waals surface area (Å²) in [5.74, 6) is 1.50. The van der Waals surface area contributed by atoms with Crippen LogP contribution in [0, 0.1) is 0 Å². The van der Waals surface area contributed by atoms with E-state index in [4.69, 9.17) is 14.7 Å². The van der Waals surface area contributed by atoms with Gasteiger partial charge in [-0.05, 0) is 30.3 Å². The minimum absolute atomic E-state index is 0.0698. The summed E-state index contributed by atoms with van der Waals surface area (Å²) in [4.78, 5) is 51.5. The van der Waals surface area contributed by atoms with Crippen molar-refractivity contribution in [3.8, 4) is 17.1 Å². The highest BCUT2D eigenvalue weighted by Gasteiger charge is 2.26. The molecule has 3 aromatic heterocycles. The lowest BCUT2D eigenvalue weighted by molar-refractivity contribution is -0.129. The van der Waals surface area contributed by atoms with Gasteiger partial charge in [0.25, 0.3) is 0 Å². The van der Waals surface area contributed by atoms with Gasteiger partial charge in [-0.2, -0.15) is 9.97 Å². The fraction of sp³-hybridized carbons (Fsp3) is 0.355. The van der Waals surface area contributed by atoms with Crippen LogP contribution in [0.3, 0.4) is 0 Å². The van der Waals surface area contributed by atoms with Gasteiger partial charge in [0.1, 0.15) is 17.6 Å². The van der Waals surface area contributed by atoms with Crippen LogP contribution >= 0.6 is 0 Å². The SMILES string of the molecule is C=CC(=O)N1CCC(Oc2nc(Nc3ccc(N4CCN(C(C)=O)CC4)cc3)nc3[nH]cc(-c4cncc(NC)n4)c23)CC1. The van der Waals surface area contributed by atoms with E-state index in [1.807, 2.05) is 23.2 Å². The molecular formula is C31H36N10O3. The summed E-state index contributed by atoms with van der Waals surface area (Å²) in [5.41, 5.74) is 3.96. The highest BCUT2D eigenvalue weighted by Crippen LogP contribution is 2.35. The first-order valence-corrected chi connectivity index (χ1v) is 14.8. The van der Waals surface area contributed by atoms with Gasteiger partial charge < -0.3 is 35.1 Å². The molecule has 5 heterocycles. The van der Waals surface area contributed by atoms with Crippen LogP contribution in [0.25, 0.3) is 22.3 Å². The number of hydrogen-bond donors (Lipinski definition) is 3. The second-order valence-electron chi connectivity index (χ2n) is 10.8. The van der Waals surface area contributed by atoms with Crippen LogP contribution in [-0.4, -0.2) is 99.0 Å². The Morgan fingerprint density at radius 3 is 2.43 bits per heavy atom. The van der Waals surface area contributed by atoms with Crippen molar-refractivity contribution < 1.29 is 14.3 Å². The van der Waals surface area contributed by atoms with Gasteiger partial charge in [0.05, 0.1) is 23.5 Å². The van der Waals surface area contributed by atoms with Crippen molar-refractivity contribution in [1.82, 2.24) is 34.7 Å². The Balaban J connectivity index is 1.26. The number of fused-ring (bicyclic) bond motifs is 1. The van der Waals surface area contributed by atoms with Crippen molar-refractivity contribution in [2.75, 3.05) is 61.8 Å². The molecule has 44 heavy (non-hydrogen) atoms. The Bertz CT molecular complexity index is 1660. The molecule has 228 valence electrons. The summed E-state index contributed by atoms with van der Waals surface area (Å²) >= 11 is 0. The number of piperazine rings is 1. The van der Waals surface area contributed by atoms with Gasteiger partial charge in [0.15, 0.2) is 0 Å². The third-order valence-corrected chi connectivity index (χ3v) is 8.09. The topological polar surface area (TPSA) is 144 Å². The molecule has 0 unspecified atom stereocenters. The highest BCUT2D eigenvalue weighted by atomic mass is 16.5. The minimum Gasteiger partial charge on any atom is -0.474 e. The zero-order chi connectivity index (χ0) is 30.6. The van der Waals surface area contributed by atoms with E-state index in [1.165, 1.54) is 6.08 Å². The first-order chi connectivity index (χ1) is 21.4.